The molecule has 1 aromatic carbocycles. The van der Waals surface area contributed by atoms with E-state index < -0.39 is 0 Å². The Morgan fingerprint density at radius 1 is 1.35 bits per heavy atom. The van der Waals surface area contributed by atoms with Crippen LogP contribution >= 0.6 is 52.3 Å². The third kappa shape index (κ3) is 4.26. The predicted molar refractivity (Wildman–Crippen MR) is 92.7 cm³/mol. The van der Waals surface area contributed by atoms with E-state index >= 15 is 0 Å². The first-order valence-corrected chi connectivity index (χ1v) is 7.06. The van der Waals surface area contributed by atoms with Gasteiger partial charge in [-0.05, 0) is 12.1 Å². The zero-order chi connectivity index (χ0) is 13.1. The minimum atomic E-state index is -0.0276. The average Bonchev–Trinajstić information content (AvgIpc) is 2.40. The van der Waals surface area contributed by atoms with Crippen molar-refractivity contribution in [1.29, 1.82) is 0 Å². The molecule has 2 N–H and O–H groups in total. The summed E-state index contributed by atoms with van der Waals surface area (Å²) in [4.78, 5) is 2.28. The van der Waals surface area contributed by atoms with Gasteiger partial charge >= 0.3 is 0 Å². The van der Waals surface area contributed by atoms with Gasteiger partial charge in [-0.3, -0.25) is 4.90 Å². The van der Waals surface area contributed by atoms with E-state index in [1.807, 2.05) is 12.1 Å². The van der Waals surface area contributed by atoms with Gasteiger partial charge in [-0.1, -0.05) is 33.6 Å². The summed E-state index contributed by atoms with van der Waals surface area (Å²) in [6.45, 7) is 7.63. The number of hydrogen-bond acceptors (Lipinski definition) is 3. The van der Waals surface area contributed by atoms with Crippen LogP contribution in [0.25, 0.3) is 0 Å². The number of piperazine rings is 1. The molecule has 1 aliphatic rings. The van der Waals surface area contributed by atoms with Crippen molar-refractivity contribution in [2.75, 3.05) is 26.2 Å². The number of phenols is 1. The smallest absolute Gasteiger partial charge is 0.140 e. The molecule has 1 saturated heterocycles. The number of phenolic OH excluding ortho intramolecular Hbond substituents is 1. The minimum absolute atomic E-state index is 0. The highest BCUT2D eigenvalue weighted by molar-refractivity contribution is 9.10. The van der Waals surface area contributed by atoms with Crippen molar-refractivity contribution < 1.29 is 5.11 Å². The third-order valence-electron chi connectivity index (χ3n) is 3.18. The van der Waals surface area contributed by atoms with Crippen LogP contribution in [0.4, 0.5) is 0 Å². The molecule has 2 rings (SSSR count). The third-order valence-corrected chi connectivity index (χ3v) is 4.18. The second-order valence-electron chi connectivity index (χ2n) is 4.26. The number of nitrogens with one attached hydrogen (secondary N) is 1. The zero-order valence-corrected chi connectivity index (χ0v) is 14.8. The van der Waals surface area contributed by atoms with E-state index in [0.29, 0.717) is 5.02 Å². The van der Waals surface area contributed by atoms with Crippen LogP contribution in [-0.2, 0) is 0 Å². The topological polar surface area (TPSA) is 35.5 Å². The molecular weight excluding hydrogens is 386 g/mol. The van der Waals surface area contributed by atoms with Crippen LogP contribution in [0.3, 0.4) is 0 Å². The molecule has 0 radical (unpaired) electrons. The van der Waals surface area contributed by atoms with Gasteiger partial charge in [0.15, 0.2) is 0 Å². The molecule has 1 heterocycles. The molecule has 1 aliphatic heterocycles. The summed E-state index contributed by atoms with van der Waals surface area (Å²) in [6.07, 6.45) is 1.85. The van der Waals surface area contributed by atoms with Crippen LogP contribution in [0.1, 0.15) is 11.6 Å². The van der Waals surface area contributed by atoms with Crippen molar-refractivity contribution in [2.24, 2.45) is 0 Å². The van der Waals surface area contributed by atoms with Crippen molar-refractivity contribution in [2.45, 2.75) is 6.04 Å². The maximum absolute atomic E-state index is 10.2. The number of aromatic hydroxyl groups is 1. The average molecular weight is 405 g/mol. The number of halogens is 4. The van der Waals surface area contributed by atoms with Gasteiger partial charge in [-0.15, -0.1) is 31.4 Å². The first kappa shape index (κ1) is 20.0. The van der Waals surface area contributed by atoms with Gasteiger partial charge in [0.2, 0.25) is 0 Å². The second kappa shape index (κ2) is 9.13. The van der Waals surface area contributed by atoms with Crippen molar-refractivity contribution in [3.63, 3.8) is 0 Å². The van der Waals surface area contributed by atoms with Crippen molar-refractivity contribution >= 4 is 52.3 Å². The Kier molecular flexibility index (Phi) is 9.14. The molecule has 0 amide bonds. The summed E-state index contributed by atoms with van der Waals surface area (Å²) < 4.78 is 0.854. The molecule has 0 aliphatic carbocycles. The van der Waals surface area contributed by atoms with Gasteiger partial charge in [-0.25, -0.2) is 0 Å². The summed E-state index contributed by atoms with van der Waals surface area (Å²) in [5, 5.41) is 13.8. The zero-order valence-electron chi connectivity index (χ0n) is 10.8. The minimum Gasteiger partial charge on any atom is -0.506 e. The fraction of sp³-hybridized carbons (Fsp3) is 0.385. The Morgan fingerprint density at radius 3 is 2.50 bits per heavy atom. The number of rotatable bonds is 3. The van der Waals surface area contributed by atoms with Crippen molar-refractivity contribution in [3.8, 4) is 5.75 Å². The molecule has 0 spiro atoms. The first-order valence-electron chi connectivity index (χ1n) is 5.89. The molecule has 3 nitrogen and oxygen atoms in total. The molecule has 0 aromatic heterocycles. The lowest BCUT2D eigenvalue weighted by Crippen LogP contribution is -2.44. The normalized spacial score (nSPS) is 16.7. The Bertz CT molecular complexity index is 453. The summed E-state index contributed by atoms with van der Waals surface area (Å²) in [5.74, 6) is 0.134. The standard InChI is InChI=1S/C13H16BrClN2O.2ClH/c1-2-11(17-7-5-16-6-8-17)12-9(14)3-4-10(15)13(12)18;;/h2-4,11,16,18H,1,5-8H2;2*1H/t11-;;/m0../s1. The highest BCUT2D eigenvalue weighted by Gasteiger charge is 2.24. The number of hydrogen-bond donors (Lipinski definition) is 2. The monoisotopic (exact) mass is 402 g/mol. The van der Waals surface area contributed by atoms with E-state index in [1.165, 1.54) is 0 Å². The first-order chi connectivity index (χ1) is 8.65. The molecule has 114 valence electrons. The summed E-state index contributed by atoms with van der Waals surface area (Å²) in [5.41, 5.74) is 0.791. The molecule has 1 atom stereocenters. The molecule has 20 heavy (non-hydrogen) atoms. The van der Waals surface area contributed by atoms with Gasteiger partial charge in [0.25, 0.3) is 0 Å². The fourth-order valence-electron chi connectivity index (χ4n) is 2.25. The van der Waals surface area contributed by atoms with E-state index in [0.717, 1.165) is 36.2 Å². The second-order valence-corrected chi connectivity index (χ2v) is 5.52. The van der Waals surface area contributed by atoms with Gasteiger partial charge in [0, 0.05) is 36.2 Å². The Morgan fingerprint density at radius 2 is 1.95 bits per heavy atom. The van der Waals surface area contributed by atoms with Crippen molar-refractivity contribution in [1.82, 2.24) is 10.2 Å². The lowest BCUT2D eigenvalue weighted by molar-refractivity contribution is 0.200. The fourth-order valence-corrected chi connectivity index (χ4v) is 2.97. The predicted octanol–water partition coefficient (Wildman–Crippen LogP) is 3.78. The van der Waals surface area contributed by atoms with E-state index in [9.17, 15) is 5.11 Å². The highest BCUT2D eigenvalue weighted by Crippen LogP contribution is 2.39. The Hall–Kier alpha value is 0.0300. The van der Waals surface area contributed by atoms with Crippen LogP contribution in [0.15, 0.2) is 29.3 Å². The molecule has 0 bridgehead atoms. The van der Waals surface area contributed by atoms with Gasteiger partial charge < -0.3 is 10.4 Å². The summed E-state index contributed by atoms with van der Waals surface area (Å²) >= 11 is 9.47. The summed E-state index contributed by atoms with van der Waals surface area (Å²) in [7, 11) is 0. The quantitative estimate of drug-likeness (QED) is 0.753. The maximum Gasteiger partial charge on any atom is 0.140 e. The molecule has 1 fully saturated rings. The number of benzene rings is 1. The van der Waals surface area contributed by atoms with Gasteiger partial charge in [0.05, 0.1) is 11.1 Å². The molecular formula is C13H18BrCl3N2O. The maximum atomic E-state index is 10.2. The molecule has 7 heteroatoms. The Labute approximate surface area is 145 Å². The van der Waals surface area contributed by atoms with E-state index in [1.54, 1.807) is 6.07 Å². The molecule has 0 saturated carbocycles. The largest absolute Gasteiger partial charge is 0.506 e. The number of nitrogens with zero attached hydrogens (tertiary/aromatic N) is 1. The van der Waals surface area contributed by atoms with Gasteiger partial charge in [0.1, 0.15) is 5.75 Å². The Balaban J connectivity index is 0.00000180. The molecule has 0 unspecified atom stereocenters. The summed E-state index contributed by atoms with van der Waals surface area (Å²) in [6, 6.07) is 3.51. The SMILES string of the molecule is C=C[C@@H](c1c(Br)ccc(Cl)c1O)N1CCNCC1.Cl.Cl. The van der Waals surface area contributed by atoms with E-state index in [2.05, 4.69) is 32.7 Å². The molecule has 1 aromatic rings. The van der Waals surface area contributed by atoms with E-state index in [4.69, 9.17) is 11.6 Å². The van der Waals surface area contributed by atoms with Crippen LogP contribution < -0.4 is 5.32 Å². The highest BCUT2D eigenvalue weighted by atomic mass is 79.9. The lowest BCUT2D eigenvalue weighted by atomic mass is 10.0. The van der Waals surface area contributed by atoms with Crippen LogP contribution in [0.5, 0.6) is 5.75 Å². The van der Waals surface area contributed by atoms with Crippen LogP contribution in [0, 0.1) is 0 Å². The van der Waals surface area contributed by atoms with Crippen LogP contribution in [-0.4, -0.2) is 36.2 Å². The van der Waals surface area contributed by atoms with Crippen molar-refractivity contribution in [3.05, 3.63) is 39.8 Å². The van der Waals surface area contributed by atoms with Gasteiger partial charge in [-0.2, -0.15) is 0 Å². The van der Waals surface area contributed by atoms with Crippen LogP contribution in [0.2, 0.25) is 5.02 Å². The lowest BCUT2D eigenvalue weighted by Gasteiger charge is -2.34. The van der Waals surface area contributed by atoms with E-state index in [-0.39, 0.29) is 36.6 Å².